The third-order valence-corrected chi connectivity index (χ3v) is 5.93. The molecule has 2 atom stereocenters. The lowest BCUT2D eigenvalue weighted by Crippen LogP contribution is -2.41. The van der Waals surface area contributed by atoms with Crippen molar-refractivity contribution in [2.24, 2.45) is 5.92 Å². The van der Waals surface area contributed by atoms with Crippen molar-refractivity contribution in [3.8, 4) is 0 Å². The highest BCUT2D eigenvalue weighted by atomic mass is 35.5. The quantitative estimate of drug-likeness (QED) is 0.478. The van der Waals surface area contributed by atoms with Crippen LogP contribution in [0.1, 0.15) is 28.8 Å². The summed E-state index contributed by atoms with van der Waals surface area (Å²) in [6.07, 6.45) is -4.40. The van der Waals surface area contributed by atoms with E-state index in [0.29, 0.717) is 35.9 Å². The van der Waals surface area contributed by atoms with Crippen molar-refractivity contribution in [3.05, 3.63) is 45.9 Å². The largest absolute Gasteiger partial charge is 0.416 e. The lowest BCUT2D eigenvalue weighted by molar-refractivity contribution is -0.146. The first-order valence-electron chi connectivity index (χ1n) is 10.3. The number of alkyl halides is 3. The van der Waals surface area contributed by atoms with Crippen LogP contribution < -0.4 is 11.1 Å². The van der Waals surface area contributed by atoms with Gasteiger partial charge in [0, 0.05) is 37.4 Å². The summed E-state index contributed by atoms with van der Waals surface area (Å²) < 4.78 is 50.1. The second kappa shape index (κ2) is 9.32. The van der Waals surface area contributed by atoms with E-state index in [1.54, 1.807) is 4.90 Å². The topological polar surface area (TPSA) is 103 Å². The number of nitrogens with one attached hydrogen (secondary N) is 1. The van der Waals surface area contributed by atoms with E-state index in [9.17, 15) is 18.0 Å². The third-order valence-electron chi connectivity index (χ3n) is 5.76. The SMILES string of the molecule is COC(C(=O)N1Cc2nc(Cl)nc(NCc3cc(N)cc(C(F)(F)F)c3)c2C1)C1CCOC1. The number of anilines is 2. The zero-order valence-corrected chi connectivity index (χ0v) is 18.5. The van der Waals surface area contributed by atoms with Crippen molar-refractivity contribution >= 4 is 29.0 Å². The molecule has 0 saturated carbocycles. The Morgan fingerprint density at radius 2 is 2.15 bits per heavy atom. The fraction of sp³-hybridized carbons (Fsp3) is 0.476. The van der Waals surface area contributed by atoms with Crippen molar-refractivity contribution in [3.63, 3.8) is 0 Å². The Labute approximate surface area is 193 Å². The van der Waals surface area contributed by atoms with Crippen LogP contribution in [0.5, 0.6) is 0 Å². The fourth-order valence-electron chi connectivity index (χ4n) is 4.16. The monoisotopic (exact) mass is 485 g/mol. The molecule has 1 aromatic carbocycles. The van der Waals surface area contributed by atoms with Crippen LogP contribution in [0.2, 0.25) is 5.28 Å². The standard InChI is InChI=1S/C21H23ClF3N5O3/c1-32-17(12-2-3-33-10-12)19(31)30-8-15-16(9-30)28-20(22)29-18(15)27-7-11-4-13(21(23,24)25)6-14(26)5-11/h4-6,12,17H,2-3,7-10,26H2,1H3,(H,27,28,29). The summed E-state index contributed by atoms with van der Waals surface area (Å²) in [6, 6.07) is 3.36. The molecule has 33 heavy (non-hydrogen) atoms. The molecule has 2 unspecified atom stereocenters. The number of nitrogens with zero attached hydrogens (tertiary/aromatic N) is 3. The Kier molecular flexibility index (Phi) is 6.64. The van der Waals surface area contributed by atoms with Crippen molar-refractivity contribution in [2.75, 3.05) is 31.4 Å². The maximum Gasteiger partial charge on any atom is 0.416 e. The fourth-order valence-corrected chi connectivity index (χ4v) is 4.35. The predicted octanol–water partition coefficient (Wildman–Crippen LogP) is 3.24. The summed E-state index contributed by atoms with van der Waals surface area (Å²) in [5.74, 6) is 0.151. The molecule has 12 heteroatoms. The van der Waals surface area contributed by atoms with Gasteiger partial charge in [0.2, 0.25) is 5.28 Å². The number of methoxy groups -OCH3 is 1. The van der Waals surface area contributed by atoms with Gasteiger partial charge in [-0.3, -0.25) is 4.79 Å². The number of hydrogen-bond donors (Lipinski definition) is 2. The van der Waals surface area contributed by atoms with Gasteiger partial charge in [-0.15, -0.1) is 0 Å². The minimum atomic E-state index is -4.51. The number of aromatic nitrogens is 2. The number of rotatable bonds is 6. The second-order valence-corrected chi connectivity index (χ2v) is 8.39. The highest BCUT2D eigenvalue weighted by molar-refractivity contribution is 6.28. The zero-order valence-electron chi connectivity index (χ0n) is 17.8. The summed E-state index contributed by atoms with van der Waals surface area (Å²) in [4.78, 5) is 23.1. The van der Waals surface area contributed by atoms with Crippen molar-refractivity contribution in [1.82, 2.24) is 14.9 Å². The number of nitrogen functional groups attached to an aromatic ring is 1. The van der Waals surface area contributed by atoms with Crippen LogP contribution in [0.4, 0.5) is 24.7 Å². The van der Waals surface area contributed by atoms with E-state index >= 15 is 0 Å². The first-order valence-corrected chi connectivity index (χ1v) is 10.7. The number of carbonyl (C=O) groups excluding carboxylic acids is 1. The normalized spacial score (nSPS) is 18.9. The summed E-state index contributed by atoms with van der Waals surface area (Å²) in [7, 11) is 1.49. The zero-order chi connectivity index (χ0) is 23.8. The number of carbonyl (C=O) groups is 1. The Morgan fingerprint density at radius 1 is 1.36 bits per heavy atom. The Bertz CT molecular complexity index is 1050. The lowest BCUT2D eigenvalue weighted by atomic mass is 10.0. The number of amides is 1. The second-order valence-electron chi connectivity index (χ2n) is 8.06. The van der Waals surface area contributed by atoms with Gasteiger partial charge in [-0.25, -0.2) is 9.97 Å². The van der Waals surface area contributed by atoms with Crippen LogP contribution >= 0.6 is 11.6 Å². The summed E-state index contributed by atoms with van der Waals surface area (Å²) in [6.45, 7) is 1.54. The molecular weight excluding hydrogens is 463 g/mol. The average molecular weight is 486 g/mol. The van der Waals surface area contributed by atoms with Crippen LogP contribution in [0, 0.1) is 5.92 Å². The van der Waals surface area contributed by atoms with E-state index < -0.39 is 17.8 Å². The molecular formula is C21H23ClF3N5O3. The van der Waals surface area contributed by atoms with Gasteiger partial charge in [0.25, 0.3) is 5.91 Å². The van der Waals surface area contributed by atoms with Gasteiger partial charge in [0.1, 0.15) is 11.9 Å². The molecule has 0 spiro atoms. The summed E-state index contributed by atoms with van der Waals surface area (Å²) >= 11 is 6.07. The molecule has 4 rings (SSSR count). The van der Waals surface area contributed by atoms with E-state index in [1.807, 2.05) is 0 Å². The smallest absolute Gasteiger partial charge is 0.399 e. The van der Waals surface area contributed by atoms with Gasteiger partial charge in [-0.05, 0) is 41.8 Å². The first kappa shape index (κ1) is 23.5. The minimum Gasteiger partial charge on any atom is -0.399 e. The Hall–Kier alpha value is -2.63. The van der Waals surface area contributed by atoms with Crippen LogP contribution in [0.15, 0.2) is 18.2 Å². The molecule has 2 aliphatic rings. The summed E-state index contributed by atoms with van der Waals surface area (Å²) in [5.41, 5.74) is 6.38. The van der Waals surface area contributed by atoms with Gasteiger partial charge in [0.05, 0.1) is 31.0 Å². The molecule has 3 N–H and O–H groups in total. The Balaban J connectivity index is 1.51. The maximum atomic E-state index is 13.1. The van der Waals surface area contributed by atoms with E-state index in [4.69, 9.17) is 26.8 Å². The first-order chi connectivity index (χ1) is 15.7. The molecule has 2 aliphatic heterocycles. The van der Waals surface area contributed by atoms with E-state index in [2.05, 4.69) is 15.3 Å². The number of fused-ring (bicyclic) bond motifs is 1. The minimum absolute atomic E-state index is 0.00541. The van der Waals surface area contributed by atoms with Gasteiger partial charge in [0.15, 0.2) is 0 Å². The van der Waals surface area contributed by atoms with Gasteiger partial charge >= 0.3 is 6.18 Å². The molecule has 8 nitrogen and oxygen atoms in total. The maximum absolute atomic E-state index is 13.1. The molecule has 1 amide bonds. The average Bonchev–Trinajstić information content (AvgIpc) is 3.41. The number of benzene rings is 1. The van der Waals surface area contributed by atoms with E-state index in [1.165, 1.54) is 13.2 Å². The molecule has 0 aliphatic carbocycles. The van der Waals surface area contributed by atoms with Gasteiger partial charge in [-0.1, -0.05) is 0 Å². The molecule has 2 aromatic rings. The van der Waals surface area contributed by atoms with Crippen molar-refractivity contribution < 1.29 is 27.4 Å². The molecule has 178 valence electrons. The molecule has 0 radical (unpaired) electrons. The van der Waals surface area contributed by atoms with Crippen LogP contribution in [-0.2, 0) is 40.1 Å². The van der Waals surface area contributed by atoms with Crippen molar-refractivity contribution in [2.45, 2.75) is 38.3 Å². The van der Waals surface area contributed by atoms with E-state index in [-0.39, 0.29) is 42.4 Å². The number of hydrogen-bond acceptors (Lipinski definition) is 7. The predicted molar refractivity (Wildman–Crippen MR) is 114 cm³/mol. The third kappa shape index (κ3) is 5.15. The van der Waals surface area contributed by atoms with Gasteiger partial charge in [-0.2, -0.15) is 13.2 Å². The Morgan fingerprint density at radius 3 is 2.82 bits per heavy atom. The number of ether oxygens (including phenoxy) is 2. The highest BCUT2D eigenvalue weighted by Gasteiger charge is 2.37. The molecule has 1 aromatic heterocycles. The van der Waals surface area contributed by atoms with E-state index in [0.717, 1.165) is 18.6 Å². The lowest BCUT2D eigenvalue weighted by Gasteiger charge is -2.25. The van der Waals surface area contributed by atoms with Crippen molar-refractivity contribution in [1.29, 1.82) is 0 Å². The summed E-state index contributed by atoms with van der Waals surface area (Å²) in [5, 5.41) is 2.99. The van der Waals surface area contributed by atoms with Crippen LogP contribution in [0.25, 0.3) is 0 Å². The van der Waals surface area contributed by atoms with Crippen LogP contribution in [-0.4, -0.2) is 47.2 Å². The molecule has 0 bridgehead atoms. The highest BCUT2D eigenvalue weighted by Crippen LogP contribution is 2.33. The van der Waals surface area contributed by atoms with Crippen LogP contribution in [0.3, 0.4) is 0 Å². The molecule has 1 fully saturated rings. The molecule has 1 saturated heterocycles. The number of nitrogens with two attached hydrogens (primary N) is 1. The molecule has 3 heterocycles. The number of halogens is 4. The van der Waals surface area contributed by atoms with Gasteiger partial charge < -0.3 is 25.4 Å².